The summed E-state index contributed by atoms with van der Waals surface area (Å²) < 4.78 is 26.9. The van der Waals surface area contributed by atoms with Crippen LogP contribution in [0.25, 0.3) is 0 Å². The Hall–Kier alpha value is -0.630. The number of rotatable bonds is 6. The fraction of sp³-hybridized carbons (Fsp3) is 0.417. The van der Waals surface area contributed by atoms with Crippen LogP contribution in [0.4, 0.5) is 0 Å². The molecule has 0 aromatic heterocycles. The number of hydrogen-bond acceptors (Lipinski definition) is 3. The maximum Gasteiger partial charge on any atom is 0.240 e. The van der Waals surface area contributed by atoms with Crippen molar-refractivity contribution in [3.05, 3.63) is 27.7 Å². The highest BCUT2D eigenvalue weighted by molar-refractivity contribution is 9.10. The van der Waals surface area contributed by atoms with E-state index >= 15 is 0 Å². The fourth-order valence-electron chi connectivity index (χ4n) is 1.59. The number of nitrogens with one attached hydrogen (secondary N) is 2. The molecular formula is C12H14BrClN2O3S. The zero-order valence-corrected chi connectivity index (χ0v) is 13.7. The molecule has 20 heavy (non-hydrogen) atoms. The standard InChI is InChI=1S/C12H14BrClN2O3S/c13-10-7-9(3-4-11(10)14)20(18,19)16-6-5-15-12(17)8-1-2-8/h3-4,7-8,16H,1-2,5-6H2,(H,15,17). The topological polar surface area (TPSA) is 75.3 Å². The first-order valence-electron chi connectivity index (χ1n) is 6.12. The molecule has 0 aliphatic heterocycles. The third kappa shape index (κ3) is 4.18. The molecule has 0 atom stereocenters. The number of amides is 1. The summed E-state index contributed by atoms with van der Waals surface area (Å²) in [5.74, 6) is 0.122. The van der Waals surface area contributed by atoms with Gasteiger partial charge in [-0.1, -0.05) is 11.6 Å². The second-order valence-electron chi connectivity index (χ2n) is 4.54. The molecule has 0 saturated heterocycles. The number of carbonyl (C=O) groups is 1. The average Bonchev–Trinajstić information content (AvgIpc) is 3.22. The number of benzene rings is 1. The van der Waals surface area contributed by atoms with E-state index in [1.807, 2.05) is 0 Å². The van der Waals surface area contributed by atoms with Crippen molar-refractivity contribution in [2.75, 3.05) is 13.1 Å². The van der Waals surface area contributed by atoms with Crippen molar-refractivity contribution in [2.24, 2.45) is 5.92 Å². The SMILES string of the molecule is O=C(NCCNS(=O)(=O)c1ccc(Cl)c(Br)c1)C1CC1. The van der Waals surface area contributed by atoms with Gasteiger partial charge in [-0.2, -0.15) is 0 Å². The van der Waals surface area contributed by atoms with Crippen LogP contribution < -0.4 is 10.0 Å². The molecule has 1 aliphatic rings. The van der Waals surface area contributed by atoms with Crippen molar-refractivity contribution in [1.82, 2.24) is 10.0 Å². The Balaban J connectivity index is 1.86. The van der Waals surface area contributed by atoms with Crippen molar-refractivity contribution < 1.29 is 13.2 Å². The third-order valence-corrected chi connectivity index (χ3v) is 5.54. The lowest BCUT2D eigenvalue weighted by molar-refractivity contribution is -0.122. The van der Waals surface area contributed by atoms with Crippen molar-refractivity contribution in [3.8, 4) is 0 Å². The molecule has 0 unspecified atom stereocenters. The van der Waals surface area contributed by atoms with Crippen molar-refractivity contribution >= 4 is 43.5 Å². The highest BCUT2D eigenvalue weighted by Crippen LogP contribution is 2.28. The normalized spacial score (nSPS) is 15.1. The Morgan fingerprint density at radius 1 is 1.35 bits per heavy atom. The minimum absolute atomic E-state index is 0.00145. The maximum atomic E-state index is 12.0. The van der Waals surface area contributed by atoms with Crippen LogP contribution in [0.3, 0.4) is 0 Å². The zero-order chi connectivity index (χ0) is 14.8. The van der Waals surface area contributed by atoms with Gasteiger partial charge in [0.1, 0.15) is 0 Å². The van der Waals surface area contributed by atoms with Crippen molar-refractivity contribution in [2.45, 2.75) is 17.7 Å². The third-order valence-electron chi connectivity index (χ3n) is 2.87. The van der Waals surface area contributed by atoms with Crippen LogP contribution in [0.5, 0.6) is 0 Å². The highest BCUT2D eigenvalue weighted by Gasteiger charge is 2.29. The summed E-state index contributed by atoms with van der Waals surface area (Å²) in [6.07, 6.45) is 1.85. The Bertz CT molecular complexity index is 617. The lowest BCUT2D eigenvalue weighted by Gasteiger charge is -2.08. The minimum atomic E-state index is -3.59. The molecule has 0 bridgehead atoms. The molecular weight excluding hydrogens is 368 g/mol. The van der Waals surface area contributed by atoms with Crippen LogP contribution in [0, 0.1) is 5.92 Å². The summed E-state index contributed by atoms with van der Waals surface area (Å²) in [6, 6.07) is 4.38. The summed E-state index contributed by atoms with van der Waals surface area (Å²) in [5, 5.41) is 3.14. The van der Waals surface area contributed by atoms with Gasteiger partial charge in [-0.25, -0.2) is 13.1 Å². The van der Waals surface area contributed by atoms with Crippen molar-refractivity contribution in [3.63, 3.8) is 0 Å². The first-order valence-corrected chi connectivity index (χ1v) is 8.78. The van der Waals surface area contributed by atoms with Crippen LogP contribution in [-0.4, -0.2) is 27.4 Å². The molecule has 2 rings (SSSR count). The quantitative estimate of drug-likeness (QED) is 0.739. The zero-order valence-electron chi connectivity index (χ0n) is 10.5. The van der Waals surface area contributed by atoms with E-state index in [-0.39, 0.29) is 29.8 Å². The first kappa shape index (κ1) is 15.8. The molecule has 1 aliphatic carbocycles. The van der Waals surface area contributed by atoms with Gasteiger partial charge in [0.15, 0.2) is 0 Å². The fourth-order valence-corrected chi connectivity index (χ4v) is 3.29. The molecule has 2 N–H and O–H groups in total. The molecule has 1 saturated carbocycles. The Morgan fingerprint density at radius 3 is 2.65 bits per heavy atom. The van der Waals surface area contributed by atoms with Gasteiger partial charge in [0, 0.05) is 23.5 Å². The van der Waals surface area contributed by atoms with Crippen LogP contribution in [0.15, 0.2) is 27.6 Å². The van der Waals surface area contributed by atoms with Crippen LogP contribution in [0.1, 0.15) is 12.8 Å². The number of sulfonamides is 1. The van der Waals surface area contributed by atoms with Gasteiger partial charge in [-0.15, -0.1) is 0 Å². The molecule has 8 heteroatoms. The summed E-state index contributed by atoms with van der Waals surface area (Å²) in [5.41, 5.74) is 0. The Kier molecular flexibility index (Phi) is 5.06. The van der Waals surface area contributed by atoms with E-state index in [0.29, 0.717) is 9.50 Å². The van der Waals surface area contributed by atoms with Gasteiger partial charge in [-0.3, -0.25) is 4.79 Å². The van der Waals surface area contributed by atoms with Crippen LogP contribution >= 0.6 is 27.5 Å². The van der Waals surface area contributed by atoms with Gasteiger partial charge in [0.2, 0.25) is 15.9 Å². The predicted molar refractivity (Wildman–Crippen MR) is 80.1 cm³/mol. The summed E-state index contributed by atoms with van der Waals surface area (Å²) >= 11 is 9.00. The van der Waals surface area contributed by atoms with Crippen molar-refractivity contribution in [1.29, 1.82) is 0 Å². The number of hydrogen-bond donors (Lipinski definition) is 2. The van der Waals surface area contributed by atoms with E-state index in [1.165, 1.54) is 18.2 Å². The van der Waals surface area contributed by atoms with E-state index in [1.54, 1.807) is 0 Å². The van der Waals surface area contributed by atoms with E-state index in [4.69, 9.17) is 11.6 Å². The summed E-state index contributed by atoms with van der Waals surface area (Å²) in [6.45, 7) is 0.435. The smallest absolute Gasteiger partial charge is 0.240 e. The predicted octanol–water partition coefficient (Wildman–Crippen LogP) is 1.91. The van der Waals surface area contributed by atoms with Gasteiger partial charge >= 0.3 is 0 Å². The molecule has 0 heterocycles. The number of carbonyl (C=O) groups excluding carboxylic acids is 1. The lowest BCUT2D eigenvalue weighted by Crippen LogP contribution is -2.35. The molecule has 110 valence electrons. The summed E-state index contributed by atoms with van der Waals surface area (Å²) in [4.78, 5) is 11.5. The van der Waals surface area contributed by atoms with Gasteiger partial charge in [0.05, 0.1) is 9.92 Å². The molecule has 1 aromatic rings. The van der Waals surface area contributed by atoms with Crippen LogP contribution in [-0.2, 0) is 14.8 Å². The van der Waals surface area contributed by atoms with E-state index in [0.717, 1.165) is 12.8 Å². The Morgan fingerprint density at radius 2 is 2.05 bits per heavy atom. The molecule has 0 radical (unpaired) electrons. The summed E-state index contributed by atoms with van der Waals surface area (Å²) in [7, 11) is -3.59. The lowest BCUT2D eigenvalue weighted by atomic mass is 10.4. The molecule has 1 aromatic carbocycles. The second-order valence-corrected chi connectivity index (χ2v) is 7.57. The van der Waals surface area contributed by atoms with E-state index in [9.17, 15) is 13.2 Å². The van der Waals surface area contributed by atoms with Gasteiger partial charge < -0.3 is 5.32 Å². The second kappa shape index (κ2) is 6.43. The first-order chi connectivity index (χ1) is 9.40. The highest BCUT2D eigenvalue weighted by atomic mass is 79.9. The minimum Gasteiger partial charge on any atom is -0.355 e. The number of halogens is 2. The maximum absolute atomic E-state index is 12.0. The molecule has 1 amide bonds. The van der Waals surface area contributed by atoms with E-state index in [2.05, 4.69) is 26.0 Å². The van der Waals surface area contributed by atoms with Crippen LogP contribution in [0.2, 0.25) is 5.02 Å². The molecule has 1 fully saturated rings. The molecule has 5 nitrogen and oxygen atoms in total. The van der Waals surface area contributed by atoms with Gasteiger partial charge in [-0.05, 0) is 47.0 Å². The Labute approximate surface area is 131 Å². The van der Waals surface area contributed by atoms with Gasteiger partial charge in [0.25, 0.3) is 0 Å². The monoisotopic (exact) mass is 380 g/mol. The average molecular weight is 382 g/mol. The largest absolute Gasteiger partial charge is 0.355 e. The molecule has 0 spiro atoms. The van der Waals surface area contributed by atoms with E-state index < -0.39 is 10.0 Å².